The first kappa shape index (κ1) is 9.04. The minimum absolute atomic E-state index is 1.17. The van der Waals surface area contributed by atoms with Crippen LogP contribution in [0.25, 0.3) is 0 Å². The summed E-state index contributed by atoms with van der Waals surface area (Å²) in [7, 11) is 0. The van der Waals surface area contributed by atoms with E-state index in [1.165, 1.54) is 36.1 Å². The first-order valence-corrected chi connectivity index (χ1v) is 4.57. The predicted octanol–water partition coefficient (Wildman–Crippen LogP) is 2.25. The molecular formula is C8H12W. The van der Waals surface area contributed by atoms with Crippen molar-refractivity contribution in [3.8, 4) is 0 Å². The first-order chi connectivity index (χ1) is 4.09. The van der Waals surface area contributed by atoms with Crippen molar-refractivity contribution in [2.75, 3.05) is 0 Å². The molecule has 0 saturated carbocycles. The van der Waals surface area contributed by atoms with E-state index < -0.39 is 0 Å². The van der Waals surface area contributed by atoms with Crippen molar-refractivity contribution in [1.29, 1.82) is 0 Å². The summed E-state index contributed by atoms with van der Waals surface area (Å²) < 4.78 is 2.18. The molecule has 0 saturated heterocycles. The Kier molecular flexibility index (Phi) is 3.97. The van der Waals surface area contributed by atoms with Crippen LogP contribution in [0, 0.1) is 0 Å². The second-order valence-corrected chi connectivity index (χ2v) is 3.05. The molecule has 0 aromatic carbocycles. The van der Waals surface area contributed by atoms with Gasteiger partial charge in [0, 0.05) is 0 Å². The summed E-state index contributed by atoms with van der Waals surface area (Å²) in [5, 5.41) is 0. The van der Waals surface area contributed by atoms with Gasteiger partial charge < -0.3 is 0 Å². The second-order valence-electron chi connectivity index (χ2n) is 2.21. The van der Waals surface area contributed by atoms with E-state index in [1.54, 1.807) is 0 Å². The Labute approximate surface area is 68.1 Å². The van der Waals surface area contributed by atoms with Crippen molar-refractivity contribution in [1.82, 2.24) is 0 Å². The second kappa shape index (κ2) is 3.95. The zero-order chi connectivity index (χ0) is 7.44. The van der Waals surface area contributed by atoms with Crippen LogP contribution in [0.15, 0.2) is 23.3 Å². The SMILES string of the molecule is C=C(C)/C(C)=C(/C)[CH]=[W]. The van der Waals surface area contributed by atoms with Crippen LogP contribution in [0.2, 0.25) is 0 Å². The maximum absolute atomic E-state index is 3.86. The average molecular weight is 292 g/mol. The molecule has 0 unspecified atom stereocenters. The van der Waals surface area contributed by atoms with E-state index in [9.17, 15) is 0 Å². The molecule has 0 spiro atoms. The standard InChI is InChI=1S/C8H12.W/c1-6(2)8(5)7(3)4;/h1H,3H2,2,4-5H3;/b8-6+;. The fourth-order valence-electron chi connectivity index (χ4n) is 0.425. The van der Waals surface area contributed by atoms with Crippen LogP contribution in [0.4, 0.5) is 0 Å². The summed E-state index contributed by atoms with van der Waals surface area (Å²) in [6, 6.07) is 0. The van der Waals surface area contributed by atoms with Crippen LogP contribution >= 0.6 is 0 Å². The molecule has 0 N–H and O–H groups in total. The molecular weight excluding hydrogens is 280 g/mol. The van der Waals surface area contributed by atoms with E-state index >= 15 is 0 Å². The molecule has 9 heavy (non-hydrogen) atoms. The Morgan fingerprint density at radius 1 is 1.33 bits per heavy atom. The fraction of sp³-hybridized carbons (Fsp3) is 0.375. The Balaban J connectivity index is 4.47. The van der Waals surface area contributed by atoms with E-state index in [-0.39, 0.29) is 0 Å². The van der Waals surface area contributed by atoms with Crippen LogP contribution in [-0.2, 0) is 19.4 Å². The summed E-state index contributed by atoms with van der Waals surface area (Å²) in [6.07, 6.45) is 0. The molecule has 1 heteroatoms. The molecule has 0 rings (SSSR count). The van der Waals surface area contributed by atoms with Crippen LogP contribution < -0.4 is 0 Å². The molecule has 0 radical (unpaired) electrons. The molecule has 0 amide bonds. The van der Waals surface area contributed by atoms with Crippen LogP contribution in [-0.4, -0.2) is 4.40 Å². The molecule has 0 atom stereocenters. The molecule has 0 aliphatic heterocycles. The van der Waals surface area contributed by atoms with E-state index in [1.807, 2.05) is 6.92 Å². The van der Waals surface area contributed by atoms with E-state index in [0.29, 0.717) is 0 Å². The molecule has 0 aromatic heterocycles. The third kappa shape index (κ3) is 2.91. The normalized spacial score (nSPS) is 12.3. The summed E-state index contributed by atoms with van der Waals surface area (Å²) in [5.41, 5.74) is 3.85. The Hall–Kier alpha value is 0.0383. The molecule has 0 aliphatic rings. The van der Waals surface area contributed by atoms with Crippen molar-refractivity contribution < 1.29 is 19.4 Å². The monoisotopic (exact) mass is 292 g/mol. The summed E-state index contributed by atoms with van der Waals surface area (Å²) in [5.74, 6) is 0. The van der Waals surface area contributed by atoms with Crippen molar-refractivity contribution in [2.45, 2.75) is 20.8 Å². The van der Waals surface area contributed by atoms with Gasteiger partial charge in [-0.05, 0) is 0 Å². The van der Waals surface area contributed by atoms with Gasteiger partial charge in [-0.25, -0.2) is 0 Å². The zero-order valence-electron chi connectivity index (χ0n) is 6.19. The molecule has 0 heterocycles. The number of allylic oxidation sites excluding steroid dienone is 3. The van der Waals surface area contributed by atoms with Crippen molar-refractivity contribution in [3.63, 3.8) is 0 Å². The van der Waals surface area contributed by atoms with Gasteiger partial charge in [-0.2, -0.15) is 0 Å². The first-order valence-electron chi connectivity index (χ1n) is 2.88. The Morgan fingerprint density at radius 3 is 1.89 bits per heavy atom. The van der Waals surface area contributed by atoms with Crippen molar-refractivity contribution >= 4 is 4.40 Å². The van der Waals surface area contributed by atoms with Crippen molar-refractivity contribution in [2.24, 2.45) is 0 Å². The van der Waals surface area contributed by atoms with Gasteiger partial charge in [-0.1, -0.05) is 0 Å². The van der Waals surface area contributed by atoms with Crippen LogP contribution in [0.5, 0.6) is 0 Å². The molecule has 0 aromatic rings. The van der Waals surface area contributed by atoms with E-state index in [2.05, 4.69) is 24.8 Å². The van der Waals surface area contributed by atoms with Crippen LogP contribution in [0.1, 0.15) is 20.8 Å². The van der Waals surface area contributed by atoms with Crippen molar-refractivity contribution in [3.05, 3.63) is 23.3 Å². The topological polar surface area (TPSA) is 0 Å². The van der Waals surface area contributed by atoms with Gasteiger partial charge in [0.15, 0.2) is 0 Å². The zero-order valence-corrected chi connectivity index (χ0v) is 9.13. The van der Waals surface area contributed by atoms with Crippen LogP contribution in [0.3, 0.4) is 0 Å². The Morgan fingerprint density at radius 2 is 1.78 bits per heavy atom. The maximum atomic E-state index is 3.86. The Bertz CT molecular complexity index is 163. The third-order valence-corrected chi connectivity index (χ3v) is 2.68. The van der Waals surface area contributed by atoms with Gasteiger partial charge in [0.25, 0.3) is 0 Å². The quantitative estimate of drug-likeness (QED) is 0.685. The van der Waals surface area contributed by atoms with Gasteiger partial charge in [0.05, 0.1) is 0 Å². The summed E-state index contributed by atoms with van der Waals surface area (Å²) in [6.45, 7) is 10.1. The number of rotatable bonds is 2. The fourth-order valence-corrected chi connectivity index (χ4v) is 1.06. The van der Waals surface area contributed by atoms with Gasteiger partial charge in [0.1, 0.15) is 0 Å². The molecule has 0 aliphatic carbocycles. The van der Waals surface area contributed by atoms with Gasteiger partial charge >= 0.3 is 67.8 Å². The average Bonchev–Trinajstić information content (AvgIpc) is 1.84. The van der Waals surface area contributed by atoms with Gasteiger partial charge in [-0.15, -0.1) is 0 Å². The van der Waals surface area contributed by atoms with E-state index in [4.69, 9.17) is 0 Å². The number of hydrogen-bond acceptors (Lipinski definition) is 0. The summed E-state index contributed by atoms with van der Waals surface area (Å²) in [4.78, 5) is 0. The third-order valence-electron chi connectivity index (χ3n) is 1.41. The van der Waals surface area contributed by atoms with Gasteiger partial charge in [-0.3, -0.25) is 0 Å². The molecule has 0 nitrogen and oxygen atoms in total. The number of hydrogen-bond donors (Lipinski definition) is 0. The summed E-state index contributed by atoms with van der Waals surface area (Å²) >= 11 is 1.50. The minimum atomic E-state index is 1.17. The predicted molar refractivity (Wildman–Crippen MR) is 39.3 cm³/mol. The molecule has 0 fully saturated rings. The molecule has 0 bridgehead atoms. The van der Waals surface area contributed by atoms with Gasteiger partial charge in [0.2, 0.25) is 0 Å². The van der Waals surface area contributed by atoms with E-state index in [0.717, 1.165) is 0 Å². The molecule has 50 valence electrons.